The highest BCUT2D eigenvalue weighted by atomic mass is 16.5. The second-order valence-corrected chi connectivity index (χ2v) is 8.19. The Bertz CT molecular complexity index is 1140. The first-order chi connectivity index (χ1) is 14.7. The van der Waals surface area contributed by atoms with Crippen molar-refractivity contribution in [2.45, 2.75) is 26.3 Å². The van der Waals surface area contributed by atoms with Gasteiger partial charge in [0.2, 0.25) is 0 Å². The van der Waals surface area contributed by atoms with E-state index in [2.05, 4.69) is 63.7 Å². The van der Waals surface area contributed by atoms with Crippen LogP contribution in [-0.4, -0.2) is 47.3 Å². The van der Waals surface area contributed by atoms with Crippen molar-refractivity contribution in [2.24, 2.45) is 0 Å². The summed E-state index contributed by atoms with van der Waals surface area (Å²) in [5.41, 5.74) is 6.69. The van der Waals surface area contributed by atoms with Crippen LogP contribution in [0.25, 0.3) is 33.4 Å². The number of para-hydroxylation sites is 1. The minimum Gasteiger partial charge on any atom is -0.360 e. The molecule has 1 fully saturated rings. The first-order valence-corrected chi connectivity index (χ1v) is 10.8. The molecular weight excluding hydrogens is 372 g/mol. The molecule has 0 radical (unpaired) electrons. The Morgan fingerprint density at radius 2 is 1.77 bits per heavy atom. The molecule has 0 bridgehead atoms. The van der Waals surface area contributed by atoms with Crippen molar-refractivity contribution >= 4 is 10.9 Å². The van der Waals surface area contributed by atoms with E-state index in [0.29, 0.717) is 6.04 Å². The third kappa shape index (κ3) is 3.44. The molecule has 2 aromatic carbocycles. The number of aromatic nitrogens is 2. The highest BCUT2D eigenvalue weighted by molar-refractivity contribution is 5.94. The minimum absolute atomic E-state index is 0.463. The number of nitrogens with one attached hydrogen (secondary N) is 2. The third-order valence-electron chi connectivity index (χ3n) is 6.25. The van der Waals surface area contributed by atoms with Gasteiger partial charge >= 0.3 is 0 Å². The third-order valence-corrected chi connectivity index (χ3v) is 6.25. The van der Waals surface area contributed by atoms with E-state index in [9.17, 15) is 0 Å². The Hall–Kier alpha value is -2.89. The van der Waals surface area contributed by atoms with Crippen LogP contribution in [0.2, 0.25) is 0 Å². The van der Waals surface area contributed by atoms with E-state index < -0.39 is 0 Å². The average molecular weight is 401 g/mol. The number of aromatic amines is 1. The zero-order valence-electron chi connectivity index (χ0n) is 17.6. The maximum absolute atomic E-state index is 5.69. The van der Waals surface area contributed by atoms with Crippen LogP contribution in [-0.2, 0) is 6.42 Å². The monoisotopic (exact) mass is 400 g/mol. The molecule has 2 N–H and O–H groups in total. The zero-order chi connectivity index (χ0) is 20.5. The van der Waals surface area contributed by atoms with Gasteiger partial charge in [0.15, 0.2) is 0 Å². The van der Waals surface area contributed by atoms with Gasteiger partial charge in [0.05, 0.1) is 11.3 Å². The summed E-state index contributed by atoms with van der Waals surface area (Å²) in [7, 11) is 0. The lowest BCUT2D eigenvalue weighted by molar-refractivity contribution is 0.183. The molecule has 3 heterocycles. The van der Waals surface area contributed by atoms with E-state index in [1.165, 1.54) is 10.9 Å². The Balaban J connectivity index is 1.62. The van der Waals surface area contributed by atoms with Crippen molar-refractivity contribution in [1.82, 2.24) is 20.4 Å². The fourth-order valence-electron chi connectivity index (χ4n) is 4.63. The summed E-state index contributed by atoms with van der Waals surface area (Å²) in [6, 6.07) is 19.3. The first-order valence-electron chi connectivity index (χ1n) is 10.8. The zero-order valence-corrected chi connectivity index (χ0v) is 17.6. The van der Waals surface area contributed by atoms with Crippen molar-refractivity contribution < 1.29 is 4.52 Å². The summed E-state index contributed by atoms with van der Waals surface area (Å²) in [5, 5.41) is 9.17. The maximum atomic E-state index is 5.69. The van der Waals surface area contributed by atoms with Crippen molar-refractivity contribution in [3.05, 3.63) is 65.9 Å². The van der Waals surface area contributed by atoms with E-state index in [1.54, 1.807) is 0 Å². The van der Waals surface area contributed by atoms with Gasteiger partial charge in [-0.25, -0.2) is 0 Å². The molecule has 5 heteroatoms. The van der Waals surface area contributed by atoms with Gasteiger partial charge in [0.1, 0.15) is 11.5 Å². The molecule has 0 aliphatic carbocycles. The van der Waals surface area contributed by atoms with Crippen LogP contribution in [0.3, 0.4) is 0 Å². The minimum atomic E-state index is 0.463. The number of rotatable bonds is 5. The van der Waals surface area contributed by atoms with Gasteiger partial charge in [-0.1, -0.05) is 53.7 Å². The fraction of sp³-hybridized carbons (Fsp3) is 0.320. The molecule has 154 valence electrons. The van der Waals surface area contributed by atoms with Crippen molar-refractivity contribution in [3.8, 4) is 22.5 Å². The normalized spacial score (nSPS) is 16.2. The molecule has 0 amide bonds. The second-order valence-electron chi connectivity index (χ2n) is 8.19. The van der Waals surface area contributed by atoms with Crippen LogP contribution in [0, 0.1) is 6.92 Å². The number of hydrogen-bond acceptors (Lipinski definition) is 4. The summed E-state index contributed by atoms with van der Waals surface area (Å²) >= 11 is 0. The van der Waals surface area contributed by atoms with Crippen molar-refractivity contribution in [2.75, 3.05) is 26.2 Å². The fourth-order valence-corrected chi connectivity index (χ4v) is 4.63. The molecule has 1 aliphatic heterocycles. The number of benzene rings is 2. The number of H-pyrrole nitrogens is 1. The van der Waals surface area contributed by atoms with E-state index in [-0.39, 0.29) is 0 Å². The molecule has 5 nitrogen and oxygen atoms in total. The Labute approximate surface area is 177 Å². The molecule has 1 unspecified atom stereocenters. The topological polar surface area (TPSA) is 57.1 Å². The molecule has 4 aromatic rings. The smallest absolute Gasteiger partial charge is 0.143 e. The highest BCUT2D eigenvalue weighted by Crippen LogP contribution is 2.39. The van der Waals surface area contributed by atoms with Gasteiger partial charge in [-0.05, 0) is 31.9 Å². The van der Waals surface area contributed by atoms with Gasteiger partial charge < -0.3 is 14.8 Å². The van der Waals surface area contributed by atoms with Gasteiger partial charge in [-0.3, -0.25) is 4.90 Å². The van der Waals surface area contributed by atoms with Gasteiger partial charge in [-0.2, -0.15) is 0 Å². The lowest BCUT2D eigenvalue weighted by Gasteiger charge is -2.33. The van der Waals surface area contributed by atoms with E-state index in [4.69, 9.17) is 4.52 Å². The number of hydrogen-bond donors (Lipinski definition) is 2. The van der Waals surface area contributed by atoms with Crippen LogP contribution in [0.15, 0.2) is 59.1 Å². The predicted molar refractivity (Wildman–Crippen MR) is 122 cm³/mol. The molecule has 1 saturated heterocycles. The summed E-state index contributed by atoms with van der Waals surface area (Å²) in [6.45, 7) is 8.67. The van der Waals surface area contributed by atoms with E-state index in [1.807, 2.05) is 25.1 Å². The summed E-state index contributed by atoms with van der Waals surface area (Å²) in [6.07, 6.45) is 0.984. The standard InChI is InChI=1S/C25H28N4O/c1-17(29-14-12-26-13-15-29)16-21-20-10-6-7-11-22(20)27-25(21)23-18(2)30-28-24(23)19-8-4-3-5-9-19/h3-11,17,26-27H,12-16H2,1-2H3. The number of fused-ring (bicyclic) bond motifs is 1. The Morgan fingerprint density at radius 1 is 1.03 bits per heavy atom. The van der Waals surface area contributed by atoms with Gasteiger partial charge in [0, 0.05) is 48.7 Å². The number of piperazine rings is 1. The molecular formula is C25H28N4O. The van der Waals surface area contributed by atoms with E-state index in [0.717, 1.165) is 66.4 Å². The quantitative estimate of drug-likeness (QED) is 0.513. The predicted octanol–water partition coefficient (Wildman–Crippen LogP) is 4.63. The van der Waals surface area contributed by atoms with Crippen LogP contribution >= 0.6 is 0 Å². The summed E-state index contributed by atoms with van der Waals surface area (Å²) in [4.78, 5) is 6.28. The SMILES string of the molecule is Cc1onc(-c2ccccc2)c1-c1[nH]c2ccccc2c1CC(C)N1CCNCC1. The summed E-state index contributed by atoms with van der Waals surface area (Å²) < 4.78 is 5.69. The van der Waals surface area contributed by atoms with Gasteiger partial charge in [-0.15, -0.1) is 0 Å². The number of nitrogens with zero attached hydrogens (tertiary/aromatic N) is 2. The van der Waals surface area contributed by atoms with E-state index >= 15 is 0 Å². The maximum Gasteiger partial charge on any atom is 0.143 e. The Morgan fingerprint density at radius 3 is 2.57 bits per heavy atom. The second kappa shape index (κ2) is 8.09. The van der Waals surface area contributed by atoms with Crippen molar-refractivity contribution in [1.29, 1.82) is 0 Å². The lowest BCUT2D eigenvalue weighted by Crippen LogP contribution is -2.48. The van der Waals surface area contributed by atoms with Crippen LogP contribution in [0.4, 0.5) is 0 Å². The first kappa shape index (κ1) is 19.1. The molecule has 5 rings (SSSR count). The van der Waals surface area contributed by atoms with Gasteiger partial charge in [0.25, 0.3) is 0 Å². The molecule has 1 aliphatic rings. The Kier molecular flexibility index (Phi) is 5.15. The molecule has 1 atom stereocenters. The molecule has 0 saturated carbocycles. The van der Waals surface area contributed by atoms with Crippen molar-refractivity contribution in [3.63, 3.8) is 0 Å². The highest BCUT2D eigenvalue weighted by Gasteiger charge is 2.25. The van der Waals surface area contributed by atoms with Crippen LogP contribution in [0.5, 0.6) is 0 Å². The van der Waals surface area contributed by atoms with Crippen LogP contribution in [0.1, 0.15) is 18.2 Å². The lowest BCUT2D eigenvalue weighted by atomic mass is 9.96. The molecule has 0 spiro atoms. The average Bonchev–Trinajstić information content (AvgIpc) is 3.35. The molecule has 30 heavy (non-hydrogen) atoms. The van der Waals surface area contributed by atoms with Crippen LogP contribution < -0.4 is 5.32 Å². The summed E-state index contributed by atoms with van der Waals surface area (Å²) in [5.74, 6) is 0.844. The largest absolute Gasteiger partial charge is 0.360 e. The number of aryl methyl sites for hydroxylation is 1. The molecule has 2 aromatic heterocycles.